The number of para-hydroxylation sites is 2. The molecule has 0 bridgehead atoms. The van der Waals surface area contributed by atoms with Crippen molar-refractivity contribution in [3.8, 4) is 5.75 Å². The van der Waals surface area contributed by atoms with E-state index in [0.717, 1.165) is 11.3 Å². The normalized spacial score (nSPS) is 15.9. The smallest absolute Gasteiger partial charge is 0.265 e. The van der Waals surface area contributed by atoms with Gasteiger partial charge < -0.3 is 20.3 Å². The average molecular weight is 339 g/mol. The molecule has 6 nitrogen and oxygen atoms in total. The zero-order valence-electron chi connectivity index (χ0n) is 14.3. The first kappa shape index (κ1) is 16.8. The van der Waals surface area contributed by atoms with Crippen LogP contribution in [-0.2, 0) is 11.3 Å². The lowest BCUT2D eigenvalue weighted by atomic mass is 10.1. The highest BCUT2D eigenvalue weighted by atomic mass is 16.5. The van der Waals surface area contributed by atoms with Crippen molar-refractivity contribution in [1.29, 1.82) is 0 Å². The van der Waals surface area contributed by atoms with Crippen LogP contribution in [0.25, 0.3) is 0 Å². The van der Waals surface area contributed by atoms with Gasteiger partial charge >= 0.3 is 0 Å². The Balaban J connectivity index is 1.85. The van der Waals surface area contributed by atoms with Crippen molar-refractivity contribution < 1.29 is 14.3 Å². The van der Waals surface area contributed by atoms with E-state index in [2.05, 4.69) is 4.90 Å². The van der Waals surface area contributed by atoms with E-state index < -0.39 is 12.0 Å². The Hall–Kier alpha value is -3.02. The van der Waals surface area contributed by atoms with Gasteiger partial charge in [-0.3, -0.25) is 9.59 Å². The van der Waals surface area contributed by atoms with Gasteiger partial charge in [0.2, 0.25) is 5.91 Å². The second-order valence-electron chi connectivity index (χ2n) is 6.25. The number of fused-ring (bicyclic) bond motifs is 1. The molecule has 0 spiro atoms. The molecule has 0 saturated carbocycles. The predicted molar refractivity (Wildman–Crippen MR) is 95.6 cm³/mol. The van der Waals surface area contributed by atoms with Crippen LogP contribution in [0.3, 0.4) is 0 Å². The summed E-state index contributed by atoms with van der Waals surface area (Å²) in [6.07, 6.45) is -0.546. The standard InChI is InChI=1S/C19H21N3O3/c1-21(2)19(24)17-12-22(15-5-3-4-6-16(15)25-17)11-13-7-9-14(10-8-13)18(20)23/h3-10,17H,11-12H2,1-2H3,(H2,20,23)/t17-/m1/s1. The molecule has 6 heteroatoms. The summed E-state index contributed by atoms with van der Waals surface area (Å²) in [4.78, 5) is 27.2. The molecule has 1 heterocycles. The molecule has 2 aromatic rings. The van der Waals surface area contributed by atoms with Gasteiger partial charge in [-0.1, -0.05) is 24.3 Å². The number of nitrogens with two attached hydrogens (primary N) is 1. The van der Waals surface area contributed by atoms with Crippen molar-refractivity contribution in [2.45, 2.75) is 12.6 Å². The molecule has 0 radical (unpaired) electrons. The lowest BCUT2D eigenvalue weighted by molar-refractivity contribution is -0.136. The minimum atomic E-state index is -0.546. The molecule has 0 saturated heterocycles. The molecule has 0 unspecified atom stereocenters. The molecule has 2 N–H and O–H groups in total. The van der Waals surface area contributed by atoms with Crippen molar-refractivity contribution >= 4 is 17.5 Å². The fraction of sp³-hybridized carbons (Fsp3) is 0.263. The zero-order valence-corrected chi connectivity index (χ0v) is 14.3. The third kappa shape index (κ3) is 3.57. The Morgan fingerprint density at radius 2 is 1.84 bits per heavy atom. The Morgan fingerprint density at radius 1 is 1.16 bits per heavy atom. The van der Waals surface area contributed by atoms with Crippen LogP contribution in [0.4, 0.5) is 5.69 Å². The number of nitrogens with zero attached hydrogens (tertiary/aromatic N) is 2. The molecule has 2 aromatic carbocycles. The van der Waals surface area contributed by atoms with Crippen LogP contribution in [-0.4, -0.2) is 43.5 Å². The van der Waals surface area contributed by atoms with Crippen molar-refractivity contribution in [2.75, 3.05) is 25.5 Å². The van der Waals surface area contributed by atoms with E-state index in [4.69, 9.17) is 10.5 Å². The number of carbonyl (C=O) groups is 2. The van der Waals surface area contributed by atoms with E-state index in [1.165, 1.54) is 0 Å². The number of ether oxygens (including phenoxy) is 1. The fourth-order valence-electron chi connectivity index (χ4n) is 2.87. The van der Waals surface area contributed by atoms with Crippen LogP contribution in [0.5, 0.6) is 5.75 Å². The van der Waals surface area contributed by atoms with E-state index in [1.807, 2.05) is 36.4 Å². The van der Waals surface area contributed by atoms with E-state index in [-0.39, 0.29) is 5.91 Å². The van der Waals surface area contributed by atoms with Crippen LogP contribution in [0.2, 0.25) is 0 Å². The lowest BCUT2D eigenvalue weighted by Gasteiger charge is -2.36. The molecular weight excluding hydrogens is 318 g/mol. The summed E-state index contributed by atoms with van der Waals surface area (Å²) in [5.41, 5.74) is 7.74. The Labute approximate surface area is 146 Å². The molecule has 25 heavy (non-hydrogen) atoms. The number of hydrogen-bond donors (Lipinski definition) is 1. The number of primary amides is 1. The van der Waals surface area contributed by atoms with Crippen LogP contribution in [0.1, 0.15) is 15.9 Å². The minimum Gasteiger partial charge on any atom is -0.477 e. The van der Waals surface area contributed by atoms with Crippen LogP contribution >= 0.6 is 0 Å². The second kappa shape index (κ2) is 6.84. The van der Waals surface area contributed by atoms with Crippen molar-refractivity contribution in [2.24, 2.45) is 5.73 Å². The van der Waals surface area contributed by atoms with Gasteiger partial charge in [0.25, 0.3) is 5.91 Å². The zero-order chi connectivity index (χ0) is 18.0. The maximum Gasteiger partial charge on any atom is 0.265 e. The third-order valence-corrected chi connectivity index (χ3v) is 4.19. The fourth-order valence-corrected chi connectivity index (χ4v) is 2.87. The Morgan fingerprint density at radius 3 is 2.48 bits per heavy atom. The molecule has 1 aliphatic heterocycles. The van der Waals surface area contributed by atoms with Crippen molar-refractivity contribution in [1.82, 2.24) is 4.90 Å². The molecule has 0 aromatic heterocycles. The minimum absolute atomic E-state index is 0.0661. The van der Waals surface area contributed by atoms with E-state index in [9.17, 15) is 9.59 Å². The molecule has 2 amide bonds. The maximum atomic E-state index is 12.3. The number of benzene rings is 2. The first-order chi connectivity index (χ1) is 12.0. The molecular formula is C19H21N3O3. The van der Waals surface area contributed by atoms with E-state index in [0.29, 0.717) is 24.4 Å². The lowest BCUT2D eigenvalue weighted by Crippen LogP contribution is -2.48. The average Bonchev–Trinajstić information content (AvgIpc) is 2.61. The first-order valence-corrected chi connectivity index (χ1v) is 8.06. The van der Waals surface area contributed by atoms with Gasteiger partial charge in [-0.15, -0.1) is 0 Å². The highest BCUT2D eigenvalue weighted by Crippen LogP contribution is 2.34. The summed E-state index contributed by atoms with van der Waals surface area (Å²) in [5.74, 6) is 0.186. The molecule has 1 atom stereocenters. The summed E-state index contributed by atoms with van der Waals surface area (Å²) in [7, 11) is 3.44. The Kier molecular flexibility index (Phi) is 4.61. The number of rotatable bonds is 4. The summed E-state index contributed by atoms with van der Waals surface area (Å²) in [6, 6.07) is 14.9. The topological polar surface area (TPSA) is 75.9 Å². The largest absolute Gasteiger partial charge is 0.477 e. The maximum absolute atomic E-state index is 12.3. The Bertz CT molecular complexity index is 787. The van der Waals surface area contributed by atoms with Crippen molar-refractivity contribution in [3.63, 3.8) is 0 Å². The first-order valence-electron chi connectivity index (χ1n) is 8.06. The number of hydrogen-bond acceptors (Lipinski definition) is 4. The quantitative estimate of drug-likeness (QED) is 0.919. The van der Waals surface area contributed by atoms with Gasteiger partial charge in [0.1, 0.15) is 5.75 Å². The van der Waals surface area contributed by atoms with Crippen LogP contribution < -0.4 is 15.4 Å². The molecule has 3 rings (SSSR count). The number of anilines is 1. The van der Waals surface area contributed by atoms with E-state index >= 15 is 0 Å². The number of amides is 2. The highest BCUT2D eigenvalue weighted by Gasteiger charge is 2.31. The van der Waals surface area contributed by atoms with Gasteiger partial charge in [-0.05, 0) is 29.8 Å². The summed E-state index contributed by atoms with van der Waals surface area (Å²) in [6.45, 7) is 1.07. The van der Waals surface area contributed by atoms with E-state index in [1.54, 1.807) is 31.1 Å². The van der Waals surface area contributed by atoms with Gasteiger partial charge in [0.15, 0.2) is 6.10 Å². The van der Waals surface area contributed by atoms with Gasteiger partial charge in [-0.25, -0.2) is 0 Å². The van der Waals surface area contributed by atoms with Gasteiger partial charge in [0.05, 0.1) is 12.2 Å². The summed E-state index contributed by atoms with van der Waals surface area (Å²) < 4.78 is 5.88. The molecule has 1 aliphatic rings. The molecule has 0 aliphatic carbocycles. The van der Waals surface area contributed by atoms with Crippen LogP contribution in [0.15, 0.2) is 48.5 Å². The van der Waals surface area contributed by atoms with Gasteiger partial charge in [0, 0.05) is 26.2 Å². The molecule has 0 fully saturated rings. The van der Waals surface area contributed by atoms with Gasteiger partial charge in [-0.2, -0.15) is 0 Å². The monoisotopic (exact) mass is 339 g/mol. The highest BCUT2D eigenvalue weighted by molar-refractivity contribution is 5.92. The molecule has 130 valence electrons. The number of carbonyl (C=O) groups excluding carboxylic acids is 2. The summed E-state index contributed by atoms with van der Waals surface area (Å²) >= 11 is 0. The summed E-state index contributed by atoms with van der Waals surface area (Å²) in [5, 5.41) is 0. The van der Waals surface area contributed by atoms with Crippen molar-refractivity contribution in [3.05, 3.63) is 59.7 Å². The number of likely N-dealkylation sites (N-methyl/N-ethyl adjacent to an activating group) is 1. The SMILES string of the molecule is CN(C)C(=O)[C@H]1CN(Cc2ccc(C(N)=O)cc2)c2ccccc2O1. The second-order valence-corrected chi connectivity index (χ2v) is 6.25. The third-order valence-electron chi connectivity index (χ3n) is 4.19. The predicted octanol–water partition coefficient (Wildman–Crippen LogP) is 1.64. The van der Waals surface area contributed by atoms with Crippen LogP contribution in [0, 0.1) is 0 Å².